The van der Waals surface area contributed by atoms with Gasteiger partial charge < -0.3 is 10.6 Å². The second-order valence-corrected chi connectivity index (χ2v) is 7.80. The third-order valence-corrected chi connectivity index (χ3v) is 4.94. The number of thiocarbonyl (C=S) groups is 1. The number of anilines is 1. The van der Waals surface area contributed by atoms with Crippen LogP contribution in [0.1, 0.15) is 45.6 Å². The molecule has 1 aromatic carbocycles. The molecule has 2 N–H and O–H groups in total. The molecular weight excluding hydrogens is 296 g/mol. The van der Waals surface area contributed by atoms with Crippen molar-refractivity contribution in [1.82, 2.24) is 0 Å². The molecule has 0 saturated heterocycles. The largest absolute Gasteiger partial charge is 0.389 e. The van der Waals surface area contributed by atoms with Crippen molar-refractivity contribution < 1.29 is 0 Å². The summed E-state index contributed by atoms with van der Waals surface area (Å²) in [6.07, 6.45) is 3.79. The van der Waals surface area contributed by atoms with Crippen LogP contribution in [0.2, 0.25) is 0 Å². The molecule has 4 heteroatoms. The van der Waals surface area contributed by atoms with Crippen LogP contribution in [-0.4, -0.2) is 23.3 Å². The van der Waals surface area contributed by atoms with Gasteiger partial charge in [0.2, 0.25) is 0 Å². The van der Waals surface area contributed by atoms with Gasteiger partial charge in [-0.1, -0.05) is 39.1 Å². The Morgan fingerprint density at radius 3 is 2.67 bits per heavy atom. The van der Waals surface area contributed by atoms with Crippen LogP contribution in [0.4, 0.5) is 5.69 Å². The van der Waals surface area contributed by atoms with E-state index in [9.17, 15) is 0 Å². The Morgan fingerprint density at radius 1 is 1.43 bits per heavy atom. The van der Waals surface area contributed by atoms with E-state index in [0.717, 1.165) is 17.9 Å². The van der Waals surface area contributed by atoms with Gasteiger partial charge in [-0.15, -0.1) is 11.8 Å². The Labute approximate surface area is 138 Å². The van der Waals surface area contributed by atoms with Gasteiger partial charge in [0.25, 0.3) is 0 Å². The minimum absolute atomic E-state index is 0.525. The molecule has 2 nitrogen and oxygen atoms in total. The summed E-state index contributed by atoms with van der Waals surface area (Å²) in [5.74, 6) is 1.75. The summed E-state index contributed by atoms with van der Waals surface area (Å²) in [6, 6.07) is 7.14. The van der Waals surface area contributed by atoms with E-state index in [1.54, 1.807) is 0 Å². The number of nitrogens with two attached hydrogens (primary N) is 1. The third-order valence-electron chi connectivity index (χ3n) is 3.79. The topological polar surface area (TPSA) is 29.3 Å². The van der Waals surface area contributed by atoms with Crippen LogP contribution in [0.5, 0.6) is 0 Å². The smallest absolute Gasteiger partial charge is 0.107 e. The molecule has 1 saturated carbocycles. The minimum Gasteiger partial charge on any atom is -0.389 e. The quantitative estimate of drug-likeness (QED) is 0.565. The summed E-state index contributed by atoms with van der Waals surface area (Å²) in [7, 11) is 0. The lowest BCUT2D eigenvalue weighted by molar-refractivity contribution is 0.570. The van der Waals surface area contributed by atoms with Gasteiger partial charge in [-0.05, 0) is 43.1 Å². The molecule has 1 fully saturated rings. The zero-order valence-corrected chi connectivity index (χ0v) is 14.9. The maximum Gasteiger partial charge on any atom is 0.107 e. The molecule has 1 aliphatic carbocycles. The van der Waals surface area contributed by atoms with Crippen LogP contribution in [0.15, 0.2) is 23.1 Å². The Bertz CT molecular complexity index is 496. The third kappa shape index (κ3) is 4.36. The predicted octanol–water partition coefficient (Wildman–Crippen LogP) is 4.45. The van der Waals surface area contributed by atoms with Gasteiger partial charge in [-0.2, -0.15) is 0 Å². The summed E-state index contributed by atoms with van der Waals surface area (Å²) in [5.41, 5.74) is 8.37. The Kier molecular flexibility index (Phi) is 5.94. The van der Waals surface area contributed by atoms with Crippen molar-refractivity contribution in [2.75, 3.05) is 17.2 Å². The molecule has 1 aliphatic rings. The SMILES string of the molecule is CCSc1cccc(N(CCC(C)C)C2CC2)c1C(N)=S. The summed E-state index contributed by atoms with van der Waals surface area (Å²) in [5, 5.41) is 0. The number of hydrogen-bond donors (Lipinski definition) is 1. The summed E-state index contributed by atoms with van der Waals surface area (Å²) in [6.45, 7) is 7.82. The Balaban J connectivity index is 2.34. The summed E-state index contributed by atoms with van der Waals surface area (Å²) < 4.78 is 0. The van der Waals surface area contributed by atoms with E-state index in [2.05, 4.69) is 43.9 Å². The lowest BCUT2D eigenvalue weighted by Crippen LogP contribution is -2.30. The standard InChI is InChI=1S/C17H26N2S2/c1-4-21-15-7-5-6-14(16(15)17(18)20)19(13-8-9-13)11-10-12(2)3/h5-7,12-13H,4,8-11H2,1-3H3,(H2,18,20). The Morgan fingerprint density at radius 2 is 2.14 bits per heavy atom. The second-order valence-electron chi connectivity index (χ2n) is 6.05. The highest BCUT2D eigenvalue weighted by atomic mass is 32.2. The van der Waals surface area contributed by atoms with Crippen molar-refractivity contribution in [3.63, 3.8) is 0 Å². The lowest BCUT2D eigenvalue weighted by atomic mass is 10.1. The summed E-state index contributed by atoms with van der Waals surface area (Å²) in [4.78, 5) is 4.28. The highest BCUT2D eigenvalue weighted by Gasteiger charge is 2.31. The number of nitrogens with zero attached hydrogens (tertiary/aromatic N) is 1. The molecule has 21 heavy (non-hydrogen) atoms. The molecule has 2 rings (SSSR count). The molecule has 0 spiro atoms. The molecule has 0 bridgehead atoms. The van der Waals surface area contributed by atoms with Gasteiger partial charge in [0, 0.05) is 28.7 Å². The van der Waals surface area contributed by atoms with Gasteiger partial charge in [-0.25, -0.2) is 0 Å². The first-order chi connectivity index (χ1) is 10.0. The number of hydrogen-bond acceptors (Lipinski definition) is 3. The van der Waals surface area contributed by atoms with Gasteiger partial charge in [0.1, 0.15) is 4.99 Å². The fourth-order valence-electron chi connectivity index (χ4n) is 2.57. The molecule has 1 aromatic rings. The maximum atomic E-state index is 6.05. The average molecular weight is 323 g/mol. The van der Waals surface area contributed by atoms with E-state index in [1.807, 2.05) is 11.8 Å². The van der Waals surface area contributed by atoms with E-state index in [1.165, 1.54) is 29.8 Å². The fraction of sp³-hybridized carbons (Fsp3) is 0.588. The molecular formula is C17H26N2S2. The van der Waals surface area contributed by atoms with E-state index < -0.39 is 0 Å². The molecule has 0 radical (unpaired) electrons. The van der Waals surface area contributed by atoms with Crippen molar-refractivity contribution in [1.29, 1.82) is 0 Å². The number of rotatable bonds is 8. The van der Waals surface area contributed by atoms with Gasteiger partial charge >= 0.3 is 0 Å². The number of thioether (sulfide) groups is 1. The van der Waals surface area contributed by atoms with Crippen LogP contribution in [-0.2, 0) is 0 Å². The van der Waals surface area contributed by atoms with E-state index in [-0.39, 0.29) is 0 Å². The van der Waals surface area contributed by atoms with E-state index >= 15 is 0 Å². The lowest BCUT2D eigenvalue weighted by Gasteiger charge is -2.28. The van der Waals surface area contributed by atoms with E-state index in [4.69, 9.17) is 18.0 Å². The van der Waals surface area contributed by atoms with Crippen molar-refractivity contribution >= 4 is 34.7 Å². The zero-order valence-electron chi connectivity index (χ0n) is 13.3. The molecule has 0 aromatic heterocycles. The fourth-order valence-corrected chi connectivity index (χ4v) is 3.69. The van der Waals surface area contributed by atoms with Crippen LogP contribution >= 0.6 is 24.0 Å². The maximum absolute atomic E-state index is 6.05. The van der Waals surface area contributed by atoms with Crippen LogP contribution in [0.3, 0.4) is 0 Å². The van der Waals surface area contributed by atoms with Gasteiger partial charge in [-0.3, -0.25) is 0 Å². The number of benzene rings is 1. The molecule has 0 unspecified atom stereocenters. The second kappa shape index (κ2) is 7.50. The van der Waals surface area contributed by atoms with Crippen LogP contribution < -0.4 is 10.6 Å². The first-order valence-corrected chi connectivity index (χ1v) is 9.26. The first-order valence-electron chi connectivity index (χ1n) is 7.86. The highest BCUT2D eigenvalue weighted by Crippen LogP contribution is 2.37. The van der Waals surface area contributed by atoms with Crippen molar-refractivity contribution in [3.8, 4) is 0 Å². The molecule has 116 valence electrons. The predicted molar refractivity (Wildman–Crippen MR) is 98.6 cm³/mol. The molecule has 0 amide bonds. The first kappa shape index (κ1) is 16.6. The highest BCUT2D eigenvalue weighted by molar-refractivity contribution is 7.99. The van der Waals surface area contributed by atoms with Gasteiger partial charge in [0.05, 0.1) is 0 Å². The van der Waals surface area contributed by atoms with Crippen molar-refractivity contribution in [2.45, 2.75) is 51.0 Å². The van der Waals surface area contributed by atoms with Crippen molar-refractivity contribution in [2.24, 2.45) is 11.7 Å². The van der Waals surface area contributed by atoms with Crippen LogP contribution in [0.25, 0.3) is 0 Å². The summed E-state index contributed by atoms with van der Waals surface area (Å²) >= 11 is 7.18. The molecule has 0 heterocycles. The monoisotopic (exact) mass is 322 g/mol. The zero-order chi connectivity index (χ0) is 15.4. The van der Waals surface area contributed by atoms with Crippen molar-refractivity contribution in [3.05, 3.63) is 23.8 Å². The van der Waals surface area contributed by atoms with E-state index in [0.29, 0.717) is 16.9 Å². The molecule has 0 atom stereocenters. The van der Waals surface area contributed by atoms with Crippen LogP contribution in [0, 0.1) is 5.92 Å². The van der Waals surface area contributed by atoms with Gasteiger partial charge in [0.15, 0.2) is 0 Å². The average Bonchev–Trinajstić information content (AvgIpc) is 3.23. The molecule has 0 aliphatic heterocycles. The minimum atomic E-state index is 0.525. The Hall–Kier alpha value is -0.740. The normalized spacial score (nSPS) is 14.5.